The predicted molar refractivity (Wildman–Crippen MR) is 66.6 cm³/mol. The Balaban J connectivity index is 2.43. The Morgan fingerprint density at radius 2 is 2.39 bits per heavy atom. The van der Waals surface area contributed by atoms with Crippen molar-refractivity contribution in [3.8, 4) is 0 Å². The van der Waals surface area contributed by atoms with Crippen molar-refractivity contribution in [2.24, 2.45) is 0 Å². The number of hydrogen-bond acceptors (Lipinski definition) is 4. The fraction of sp³-hybridized carbons (Fsp3) is 0.500. The summed E-state index contributed by atoms with van der Waals surface area (Å²) in [4.78, 5) is 25.6. The van der Waals surface area contributed by atoms with Crippen molar-refractivity contribution in [2.75, 3.05) is 13.2 Å². The Morgan fingerprint density at radius 3 is 2.89 bits per heavy atom. The second kappa shape index (κ2) is 5.07. The second-order valence-corrected chi connectivity index (χ2v) is 5.11. The quantitative estimate of drug-likeness (QED) is 0.901. The van der Waals surface area contributed by atoms with Crippen LogP contribution in [0, 0.1) is 6.92 Å². The van der Waals surface area contributed by atoms with Crippen molar-refractivity contribution in [1.29, 1.82) is 0 Å². The maximum Gasteiger partial charge on any atom is 0.335 e. The first-order chi connectivity index (χ1) is 8.56. The number of thiophene rings is 1. The van der Waals surface area contributed by atoms with Crippen LogP contribution in [-0.4, -0.2) is 41.1 Å². The van der Waals surface area contributed by atoms with Crippen LogP contribution >= 0.6 is 11.3 Å². The van der Waals surface area contributed by atoms with Gasteiger partial charge in [0.2, 0.25) is 5.91 Å². The molecule has 2 atom stereocenters. The highest BCUT2D eigenvalue weighted by Gasteiger charge is 2.42. The number of aliphatic carboxylic acids is 1. The van der Waals surface area contributed by atoms with Gasteiger partial charge in [-0.2, -0.15) is 0 Å². The van der Waals surface area contributed by atoms with E-state index >= 15 is 0 Å². The Hall–Kier alpha value is -1.40. The summed E-state index contributed by atoms with van der Waals surface area (Å²) in [6.45, 7) is 4.08. The van der Waals surface area contributed by atoms with Crippen LogP contribution in [-0.2, 0) is 14.3 Å². The zero-order chi connectivity index (χ0) is 13.3. The number of amides is 1. The molecular formula is C12H15NO4S. The Labute approximate surface area is 109 Å². The van der Waals surface area contributed by atoms with Crippen molar-refractivity contribution in [3.05, 3.63) is 21.9 Å². The van der Waals surface area contributed by atoms with E-state index < -0.39 is 18.1 Å². The highest BCUT2D eigenvalue weighted by molar-refractivity contribution is 7.10. The van der Waals surface area contributed by atoms with Gasteiger partial charge in [-0.15, -0.1) is 11.3 Å². The van der Waals surface area contributed by atoms with E-state index in [9.17, 15) is 14.7 Å². The number of carbonyl (C=O) groups is 2. The van der Waals surface area contributed by atoms with Crippen molar-refractivity contribution < 1.29 is 19.4 Å². The molecule has 0 radical (unpaired) electrons. The van der Waals surface area contributed by atoms with Crippen LogP contribution in [0.25, 0.3) is 0 Å². The van der Waals surface area contributed by atoms with Crippen LogP contribution in [0.3, 0.4) is 0 Å². The molecule has 2 unspecified atom stereocenters. The SMILES string of the molecule is CCN1C(=O)COC(C(=O)O)C1c1sccc1C. The van der Waals surface area contributed by atoms with Crippen molar-refractivity contribution in [3.63, 3.8) is 0 Å². The number of carboxylic acids is 1. The van der Waals surface area contributed by atoms with Gasteiger partial charge in [-0.3, -0.25) is 4.79 Å². The first-order valence-corrected chi connectivity index (χ1v) is 6.62. The molecule has 98 valence electrons. The zero-order valence-electron chi connectivity index (χ0n) is 10.3. The van der Waals surface area contributed by atoms with Gasteiger partial charge in [-0.25, -0.2) is 4.79 Å². The van der Waals surface area contributed by atoms with Gasteiger partial charge in [-0.05, 0) is 30.9 Å². The molecular weight excluding hydrogens is 254 g/mol. The standard InChI is InChI=1S/C12H15NO4S/c1-3-13-8(14)6-17-10(12(15)16)9(13)11-7(2)4-5-18-11/h4-5,9-10H,3,6H2,1-2H3,(H,15,16). The minimum Gasteiger partial charge on any atom is -0.479 e. The van der Waals surface area contributed by atoms with E-state index in [1.165, 1.54) is 11.3 Å². The van der Waals surface area contributed by atoms with E-state index in [-0.39, 0.29) is 12.5 Å². The van der Waals surface area contributed by atoms with Gasteiger partial charge in [-0.1, -0.05) is 0 Å². The molecule has 6 heteroatoms. The van der Waals surface area contributed by atoms with Crippen molar-refractivity contribution in [2.45, 2.75) is 26.0 Å². The fourth-order valence-corrected chi connectivity index (χ4v) is 3.26. The summed E-state index contributed by atoms with van der Waals surface area (Å²) >= 11 is 1.46. The first-order valence-electron chi connectivity index (χ1n) is 5.74. The molecule has 2 heterocycles. The smallest absolute Gasteiger partial charge is 0.335 e. The third-order valence-corrected chi connectivity index (χ3v) is 4.17. The Morgan fingerprint density at radius 1 is 1.67 bits per heavy atom. The summed E-state index contributed by atoms with van der Waals surface area (Å²) in [5.41, 5.74) is 0.994. The summed E-state index contributed by atoms with van der Waals surface area (Å²) in [6.07, 6.45) is -0.986. The lowest BCUT2D eigenvalue weighted by Crippen LogP contribution is -2.51. The lowest BCUT2D eigenvalue weighted by molar-refractivity contribution is -0.172. The summed E-state index contributed by atoms with van der Waals surface area (Å²) in [7, 11) is 0. The van der Waals surface area contributed by atoms with Gasteiger partial charge in [0, 0.05) is 11.4 Å². The number of carboxylic acid groups (broad SMARTS) is 1. The second-order valence-electron chi connectivity index (χ2n) is 4.16. The van der Waals surface area contributed by atoms with Crippen molar-refractivity contribution >= 4 is 23.2 Å². The monoisotopic (exact) mass is 269 g/mol. The normalized spacial score (nSPS) is 24.3. The molecule has 0 aromatic carbocycles. The lowest BCUT2D eigenvalue weighted by atomic mass is 10.0. The van der Waals surface area contributed by atoms with E-state index in [4.69, 9.17) is 4.74 Å². The lowest BCUT2D eigenvalue weighted by Gasteiger charge is -2.38. The third-order valence-electron chi connectivity index (χ3n) is 3.08. The summed E-state index contributed by atoms with van der Waals surface area (Å²) in [5, 5.41) is 11.1. The highest BCUT2D eigenvalue weighted by Crippen LogP contribution is 2.35. The van der Waals surface area contributed by atoms with E-state index in [0.29, 0.717) is 6.54 Å². The van der Waals surface area contributed by atoms with E-state index in [2.05, 4.69) is 0 Å². The molecule has 1 saturated heterocycles. The number of rotatable bonds is 3. The molecule has 5 nitrogen and oxygen atoms in total. The molecule has 18 heavy (non-hydrogen) atoms. The maximum absolute atomic E-state index is 11.8. The zero-order valence-corrected chi connectivity index (χ0v) is 11.1. The molecule has 2 rings (SSSR count). The summed E-state index contributed by atoms with van der Waals surface area (Å²) in [6, 6.07) is 1.40. The average Bonchev–Trinajstić information content (AvgIpc) is 2.74. The van der Waals surface area contributed by atoms with Crippen LogP contribution in [0.4, 0.5) is 0 Å². The number of carbonyl (C=O) groups excluding carboxylic acids is 1. The number of aryl methyl sites for hydroxylation is 1. The molecule has 1 N–H and O–H groups in total. The van der Waals surface area contributed by atoms with Crippen molar-refractivity contribution in [1.82, 2.24) is 4.90 Å². The van der Waals surface area contributed by atoms with Gasteiger partial charge >= 0.3 is 5.97 Å². The first kappa shape index (κ1) is 13.0. The molecule has 1 aliphatic heterocycles. The molecule has 1 aliphatic rings. The van der Waals surface area contributed by atoms with Gasteiger partial charge < -0.3 is 14.7 Å². The van der Waals surface area contributed by atoms with Crippen LogP contribution in [0.2, 0.25) is 0 Å². The Bertz CT molecular complexity index is 468. The van der Waals surface area contributed by atoms with E-state index in [1.54, 1.807) is 4.90 Å². The predicted octanol–water partition coefficient (Wildman–Crippen LogP) is 1.43. The molecule has 0 spiro atoms. The molecule has 1 amide bonds. The highest BCUT2D eigenvalue weighted by atomic mass is 32.1. The van der Waals surface area contributed by atoms with E-state index in [0.717, 1.165) is 10.4 Å². The fourth-order valence-electron chi connectivity index (χ4n) is 2.20. The summed E-state index contributed by atoms with van der Waals surface area (Å²) in [5.74, 6) is -1.19. The van der Waals surface area contributed by atoms with Gasteiger partial charge in [0.25, 0.3) is 0 Å². The number of ether oxygens (including phenoxy) is 1. The number of morpholine rings is 1. The molecule has 1 aromatic heterocycles. The minimum atomic E-state index is -1.03. The van der Waals surface area contributed by atoms with Gasteiger partial charge in [0.05, 0.1) is 0 Å². The van der Waals surface area contributed by atoms with Crippen LogP contribution < -0.4 is 0 Å². The van der Waals surface area contributed by atoms with Crippen LogP contribution in [0.1, 0.15) is 23.4 Å². The largest absolute Gasteiger partial charge is 0.479 e. The summed E-state index contributed by atoms with van der Waals surface area (Å²) < 4.78 is 5.19. The van der Waals surface area contributed by atoms with E-state index in [1.807, 2.05) is 25.3 Å². The molecule has 0 aliphatic carbocycles. The third kappa shape index (κ3) is 2.13. The number of nitrogens with zero attached hydrogens (tertiary/aromatic N) is 1. The Kier molecular flexibility index (Phi) is 3.68. The molecule has 1 aromatic rings. The number of likely N-dealkylation sites (N-methyl/N-ethyl adjacent to an activating group) is 1. The van der Waals surface area contributed by atoms with Gasteiger partial charge in [0.1, 0.15) is 12.6 Å². The molecule has 1 fully saturated rings. The number of hydrogen-bond donors (Lipinski definition) is 1. The molecule has 0 bridgehead atoms. The van der Waals surface area contributed by atoms with Gasteiger partial charge in [0.15, 0.2) is 6.10 Å². The molecule has 0 saturated carbocycles. The van der Waals surface area contributed by atoms with Crippen LogP contribution in [0.15, 0.2) is 11.4 Å². The van der Waals surface area contributed by atoms with Crippen LogP contribution in [0.5, 0.6) is 0 Å². The minimum absolute atomic E-state index is 0.159. The maximum atomic E-state index is 11.8. The topological polar surface area (TPSA) is 66.8 Å². The average molecular weight is 269 g/mol.